The number of esters is 1. The Morgan fingerprint density at radius 1 is 1.37 bits per heavy atom. The van der Waals surface area contributed by atoms with Gasteiger partial charge in [-0.3, -0.25) is 19.8 Å². The Labute approximate surface area is 175 Å². The molecule has 1 N–H and O–H groups in total. The number of hydrogen-bond acceptors (Lipinski definition) is 7. The number of halogens is 1. The molecule has 1 aromatic carbocycles. The average molecular weight is 504 g/mol. The van der Waals surface area contributed by atoms with Crippen molar-refractivity contribution < 1.29 is 28.6 Å². The molecule has 1 aliphatic rings. The normalized spacial score (nSPS) is 15.6. The van der Waals surface area contributed by atoms with Gasteiger partial charge in [0.1, 0.15) is 5.57 Å². The third kappa shape index (κ3) is 4.95. The van der Waals surface area contributed by atoms with Gasteiger partial charge in [0.15, 0.2) is 23.2 Å². The van der Waals surface area contributed by atoms with E-state index in [2.05, 4.69) is 5.32 Å². The number of nitrogens with zero attached hydrogens (tertiary/aromatic N) is 1. The topological polar surface area (TPSA) is 94.2 Å². The van der Waals surface area contributed by atoms with Crippen LogP contribution in [0.15, 0.2) is 17.7 Å². The number of nitrogens with one attached hydrogen (secondary N) is 1. The molecule has 2 rings (SSSR count). The molecule has 1 aromatic rings. The van der Waals surface area contributed by atoms with E-state index in [-0.39, 0.29) is 23.9 Å². The lowest BCUT2D eigenvalue weighted by molar-refractivity contribution is -0.145. The molecule has 0 radical (unpaired) electrons. The second-order valence-corrected chi connectivity index (χ2v) is 6.86. The molecule has 144 valence electrons. The van der Waals surface area contributed by atoms with Crippen LogP contribution < -0.4 is 14.8 Å². The molecule has 1 aliphatic heterocycles. The van der Waals surface area contributed by atoms with E-state index in [1.807, 2.05) is 22.6 Å². The van der Waals surface area contributed by atoms with Crippen LogP contribution in [0.5, 0.6) is 11.5 Å². The summed E-state index contributed by atoms with van der Waals surface area (Å²) < 4.78 is 16.3. The van der Waals surface area contributed by atoms with Crippen molar-refractivity contribution in [3.8, 4) is 11.5 Å². The second kappa shape index (κ2) is 9.13. The first-order valence-electron chi connectivity index (χ1n) is 7.79. The highest BCUT2D eigenvalue weighted by Gasteiger charge is 2.30. The van der Waals surface area contributed by atoms with Gasteiger partial charge in [0.2, 0.25) is 0 Å². The lowest BCUT2D eigenvalue weighted by Gasteiger charge is -2.25. The van der Waals surface area contributed by atoms with Gasteiger partial charge in [-0.15, -0.1) is 0 Å². The number of benzene rings is 1. The SMILES string of the molecule is CCOC(=O)COc1c(I)cc(/C=C2\C(=O)NC(=S)N(C)C2=O)cc1OC. The van der Waals surface area contributed by atoms with Crippen LogP contribution >= 0.6 is 34.8 Å². The highest BCUT2D eigenvalue weighted by atomic mass is 127. The van der Waals surface area contributed by atoms with Crippen LogP contribution in [0.25, 0.3) is 6.08 Å². The summed E-state index contributed by atoms with van der Waals surface area (Å²) >= 11 is 6.93. The Balaban J connectivity index is 2.33. The van der Waals surface area contributed by atoms with Gasteiger partial charge in [0.25, 0.3) is 11.8 Å². The van der Waals surface area contributed by atoms with Gasteiger partial charge in [-0.05, 0) is 65.5 Å². The number of likely N-dealkylation sites (N-methyl/N-ethyl adjacent to an activating group) is 1. The number of methoxy groups -OCH3 is 1. The van der Waals surface area contributed by atoms with Crippen LogP contribution in [0, 0.1) is 3.57 Å². The van der Waals surface area contributed by atoms with Crippen molar-refractivity contribution in [2.75, 3.05) is 27.4 Å². The smallest absolute Gasteiger partial charge is 0.344 e. The fourth-order valence-corrected chi connectivity index (χ4v) is 3.17. The molecule has 1 fully saturated rings. The summed E-state index contributed by atoms with van der Waals surface area (Å²) in [7, 11) is 2.93. The zero-order valence-electron chi connectivity index (χ0n) is 14.8. The Morgan fingerprint density at radius 2 is 2.07 bits per heavy atom. The number of carbonyl (C=O) groups excluding carboxylic acids is 3. The Bertz CT molecular complexity index is 839. The van der Waals surface area contributed by atoms with Crippen molar-refractivity contribution in [3.05, 3.63) is 26.8 Å². The summed E-state index contributed by atoms with van der Waals surface area (Å²) in [5.41, 5.74) is 0.503. The first kappa shape index (κ1) is 21.1. The molecular weight excluding hydrogens is 487 g/mol. The maximum absolute atomic E-state index is 12.3. The van der Waals surface area contributed by atoms with Crippen molar-refractivity contribution in [1.29, 1.82) is 0 Å². The first-order chi connectivity index (χ1) is 12.8. The van der Waals surface area contributed by atoms with E-state index in [0.29, 0.717) is 20.6 Å². The number of rotatable bonds is 6. The molecule has 10 heteroatoms. The summed E-state index contributed by atoms with van der Waals surface area (Å²) in [5.74, 6) is -0.846. The molecule has 0 bridgehead atoms. The van der Waals surface area contributed by atoms with Crippen molar-refractivity contribution in [3.63, 3.8) is 0 Å². The highest BCUT2D eigenvalue weighted by Crippen LogP contribution is 2.34. The summed E-state index contributed by atoms with van der Waals surface area (Å²) in [6.07, 6.45) is 1.44. The van der Waals surface area contributed by atoms with Crippen LogP contribution in [-0.2, 0) is 19.1 Å². The molecule has 8 nitrogen and oxygen atoms in total. The number of ether oxygens (including phenoxy) is 3. The minimum absolute atomic E-state index is 0.0517. The number of amides is 2. The van der Waals surface area contributed by atoms with E-state index < -0.39 is 17.8 Å². The molecular formula is C17H17IN2O6S. The molecule has 27 heavy (non-hydrogen) atoms. The fourth-order valence-electron chi connectivity index (χ4n) is 2.21. The van der Waals surface area contributed by atoms with Gasteiger partial charge in [-0.1, -0.05) is 0 Å². The number of thiocarbonyl (C=S) groups is 1. The highest BCUT2D eigenvalue weighted by molar-refractivity contribution is 14.1. The predicted molar refractivity (Wildman–Crippen MR) is 109 cm³/mol. The largest absolute Gasteiger partial charge is 0.493 e. The first-order valence-corrected chi connectivity index (χ1v) is 9.28. The third-order valence-corrected chi connectivity index (χ3v) is 4.68. The summed E-state index contributed by atoms with van der Waals surface area (Å²) in [6.45, 7) is 1.71. The molecule has 0 aliphatic carbocycles. The summed E-state index contributed by atoms with van der Waals surface area (Å²) in [5, 5.41) is 2.50. The molecule has 0 unspecified atom stereocenters. The minimum atomic E-state index is -0.570. The van der Waals surface area contributed by atoms with E-state index in [4.69, 9.17) is 26.4 Å². The summed E-state index contributed by atoms with van der Waals surface area (Å²) in [6, 6.07) is 3.30. The van der Waals surface area contributed by atoms with Crippen LogP contribution in [0.1, 0.15) is 12.5 Å². The maximum Gasteiger partial charge on any atom is 0.344 e. The molecule has 0 aromatic heterocycles. The van der Waals surface area contributed by atoms with Crippen molar-refractivity contribution in [2.24, 2.45) is 0 Å². The van der Waals surface area contributed by atoms with Gasteiger partial charge < -0.3 is 14.2 Å². The maximum atomic E-state index is 12.3. The van der Waals surface area contributed by atoms with E-state index in [1.54, 1.807) is 19.1 Å². The lowest BCUT2D eigenvalue weighted by atomic mass is 10.1. The molecule has 1 saturated heterocycles. The van der Waals surface area contributed by atoms with Crippen LogP contribution in [-0.4, -0.2) is 55.2 Å². The van der Waals surface area contributed by atoms with Crippen molar-refractivity contribution in [1.82, 2.24) is 10.2 Å². The van der Waals surface area contributed by atoms with Gasteiger partial charge >= 0.3 is 5.97 Å². The molecule has 0 atom stereocenters. The second-order valence-electron chi connectivity index (χ2n) is 5.31. The van der Waals surface area contributed by atoms with Crippen LogP contribution in [0.4, 0.5) is 0 Å². The lowest BCUT2D eigenvalue weighted by Crippen LogP contribution is -2.52. The zero-order valence-corrected chi connectivity index (χ0v) is 17.8. The average Bonchev–Trinajstić information content (AvgIpc) is 2.62. The van der Waals surface area contributed by atoms with E-state index in [0.717, 1.165) is 0 Å². The molecule has 1 heterocycles. The van der Waals surface area contributed by atoms with Crippen molar-refractivity contribution in [2.45, 2.75) is 6.92 Å². The fraction of sp³-hybridized carbons (Fsp3) is 0.294. The molecule has 2 amide bonds. The standard InChI is InChI=1S/C17H17IN2O6S/c1-4-25-13(21)8-26-14-11(18)6-9(7-12(14)24-3)5-10-15(22)19-17(27)20(2)16(10)23/h5-7H,4,8H2,1-3H3,(H,19,22,27)/b10-5+. The van der Waals surface area contributed by atoms with Crippen molar-refractivity contribution >= 4 is 63.8 Å². The van der Waals surface area contributed by atoms with Gasteiger partial charge in [-0.2, -0.15) is 0 Å². The quantitative estimate of drug-likeness (QED) is 0.206. The number of hydrogen-bond donors (Lipinski definition) is 1. The minimum Gasteiger partial charge on any atom is -0.493 e. The Kier molecular flexibility index (Phi) is 7.13. The molecule has 0 saturated carbocycles. The Hall–Kier alpha value is -2.21. The van der Waals surface area contributed by atoms with Crippen LogP contribution in [0.3, 0.4) is 0 Å². The number of carbonyl (C=O) groups is 3. The van der Waals surface area contributed by atoms with E-state index >= 15 is 0 Å². The predicted octanol–water partition coefficient (Wildman–Crippen LogP) is 1.50. The zero-order chi connectivity index (χ0) is 20.1. The Morgan fingerprint density at radius 3 is 2.70 bits per heavy atom. The molecule has 0 spiro atoms. The third-order valence-electron chi connectivity index (χ3n) is 3.51. The van der Waals surface area contributed by atoms with Crippen LogP contribution in [0.2, 0.25) is 0 Å². The van der Waals surface area contributed by atoms with Gasteiger partial charge in [-0.25, -0.2) is 4.79 Å². The van der Waals surface area contributed by atoms with Gasteiger partial charge in [0.05, 0.1) is 17.3 Å². The van der Waals surface area contributed by atoms with E-state index in [1.165, 1.54) is 25.1 Å². The van der Waals surface area contributed by atoms with Gasteiger partial charge in [0, 0.05) is 7.05 Å². The monoisotopic (exact) mass is 504 g/mol. The summed E-state index contributed by atoms with van der Waals surface area (Å²) in [4.78, 5) is 37.1. The van der Waals surface area contributed by atoms with E-state index in [9.17, 15) is 14.4 Å².